The van der Waals surface area contributed by atoms with Crippen LogP contribution in [0.1, 0.15) is 21.6 Å². The standard InChI is InChI=1S/C14H10FN3O/c1-9-2-4-11(15)13(6-9)18-14(19)12-5-3-10(7-16)8-17-12/h2-6,8H,1H3,(H,18,19). The van der Waals surface area contributed by atoms with Crippen LogP contribution in [0.2, 0.25) is 0 Å². The fraction of sp³-hybridized carbons (Fsp3) is 0.0714. The molecule has 0 saturated carbocycles. The Balaban J connectivity index is 2.21. The van der Waals surface area contributed by atoms with Crippen molar-refractivity contribution in [3.8, 4) is 6.07 Å². The van der Waals surface area contributed by atoms with Gasteiger partial charge in [0, 0.05) is 6.20 Å². The second-order valence-corrected chi connectivity index (χ2v) is 3.98. The van der Waals surface area contributed by atoms with E-state index in [1.807, 2.05) is 6.07 Å². The maximum absolute atomic E-state index is 13.5. The molecule has 1 amide bonds. The molecule has 0 fully saturated rings. The predicted molar refractivity (Wildman–Crippen MR) is 68.0 cm³/mol. The Morgan fingerprint density at radius 3 is 2.79 bits per heavy atom. The van der Waals surface area contributed by atoms with Crippen LogP contribution in [-0.2, 0) is 0 Å². The van der Waals surface area contributed by atoms with Gasteiger partial charge in [-0.05, 0) is 36.8 Å². The highest BCUT2D eigenvalue weighted by Gasteiger charge is 2.10. The molecule has 2 rings (SSSR count). The molecule has 1 N–H and O–H groups in total. The van der Waals surface area contributed by atoms with Crippen LogP contribution in [0.3, 0.4) is 0 Å². The van der Waals surface area contributed by atoms with Crippen molar-refractivity contribution in [2.75, 3.05) is 5.32 Å². The van der Waals surface area contributed by atoms with Gasteiger partial charge in [-0.1, -0.05) is 6.07 Å². The monoisotopic (exact) mass is 255 g/mol. The molecule has 0 aliphatic carbocycles. The summed E-state index contributed by atoms with van der Waals surface area (Å²) in [7, 11) is 0. The molecule has 94 valence electrons. The first-order chi connectivity index (χ1) is 9.10. The molecule has 0 bridgehead atoms. The average Bonchev–Trinajstić information content (AvgIpc) is 2.43. The Hall–Kier alpha value is -2.74. The third-order valence-electron chi connectivity index (χ3n) is 2.50. The molecule has 2 aromatic rings. The molecule has 19 heavy (non-hydrogen) atoms. The number of nitrogens with zero attached hydrogens (tertiary/aromatic N) is 2. The van der Waals surface area contributed by atoms with Gasteiger partial charge in [-0.25, -0.2) is 9.37 Å². The summed E-state index contributed by atoms with van der Waals surface area (Å²) < 4.78 is 13.5. The van der Waals surface area contributed by atoms with Gasteiger partial charge in [-0.15, -0.1) is 0 Å². The summed E-state index contributed by atoms with van der Waals surface area (Å²) in [5, 5.41) is 11.1. The van der Waals surface area contributed by atoms with Gasteiger partial charge in [-0.3, -0.25) is 4.79 Å². The van der Waals surface area contributed by atoms with E-state index >= 15 is 0 Å². The van der Waals surface area contributed by atoms with Gasteiger partial charge in [0.15, 0.2) is 0 Å². The molecule has 1 heterocycles. The number of pyridine rings is 1. The van der Waals surface area contributed by atoms with Gasteiger partial charge in [-0.2, -0.15) is 5.26 Å². The molecule has 0 spiro atoms. The molecular formula is C14H10FN3O. The number of nitrogens with one attached hydrogen (secondary N) is 1. The molecule has 5 heteroatoms. The molecule has 4 nitrogen and oxygen atoms in total. The van der Waals surface area contributed by atoms with Gasteiger partial charge in [0.1, 0.15) is 17.6 Å². The van der Waals surface area contributed by atoms with Crippen LogP contribution in [0.15, 0.2) is 36.5 Å². The quantitative estimate of drug-likeness (QED) is 0.897. The van der Waals surface area contributed by atoms with Crippen molar-refractivity contribution in [1.29, 1.82) is 5.26 Å². The molecular weight excluding hydrogens is 245 g/mol. The lowest BCUT2D eigenvalue weighted by atomic mass is 10.2. The Morgan fingerprint density at radius 1 is 1.37 bits per heavy atom. The SMILES string of the molecule is Cc1ccc(F)c(NC(=O)c2ccc(C#N)cn2)c1. The van der Waals surface area contributed by atoms with E-state index in [1.54, 1.807) is 13.0 Å². The third-order valence-corrected chi connectivity index (χ3v) is 2.50. The van der Waals surface area contributed by atoms with E-state index in [1.165, 1.54) is 30.5 Å². The van der Waals surface area contributed by atoms with Crippen molar-refractivity contribution in [3.05, 3.63) is 59.2 Å². The molecule has 1 aromatic carbocycles. The number of nitriles is 1. The van der Waals surface area contributed by atoms with Crippen molar-refractivity contribution < 1.29 is 9.18 Å². The summed E-state index contributed by atoms with van der Waals surface area (Å²) in [6, 6.07) is 9.25. The van der Waals surface area contributed by atoms with Crippen molar-refractivity contribution in [2.24, 2.45) is 0 Å². The van der Waals surface area contributed by atoms with Gasteiger partial charge < -0.3 is 5.32 Å². The Morgan fingerprint density at radius 2 is 2.16 bits per heavy atom. The second kappa shape index (κ2) is 5.27. The van der Waals surface area contributed by atoms with Crippen LogP contribution in [0.4, 0.5) is 10.1 Å². The van der Waals surface area contributed by atoms with E-state index in [0.29, 0.717) is 5.56 Å². The first-order valence-corrected chi connectivity index (χ1v) is 5.54. The zero-order chi connectivity index (χ0) is 13.8. The number of carbonyl (C=O) groups excluding carboxylic acids is 1. The van der Waals surface area contributed by atoms with Crippen molar-refractivity contribution >= 4 is 11.6 Å². The normalized spacial score (nSPS) is 9.74. The van der Waals surface area contributed by atoms with Crippen molar-refractivity contribution in [3.63, 3.8) is 0 Å². The van der Waals surface area contributed by atoms with E-state index in [0.717, 1.165) is 5.56 Å². The number of carbonyl (C=O) groups is 1. The van der Waals surface area contributed by atoms with Gasteiger partial charge in [0.2, 0.25) is 0 Å². The second-order valence-electron chi connectivity index (χ2n) is 3.98. The number of benzene rings is 1. The van der Waals surface area contributed by atoms with Crippen molar-refractivity contribution in [1.82, 2.24) is 4.98 Å². The topological polar surface area (TPSA) is 65.8 Å². The Kier molecular flexibility index (Phi) is 3.53. The predicted octanol–water partition coefficient (Wildman–Crippen LogP) is 2.65. The number of anilines is 1. The maximum Gasteiger partial charge on any atom is 0.274 e. The third kappa shape index (κ3) is 2.93. The molecule has 0 unspecified atom stereocenters. The Labute approximate surface area is 109 Å². The van der Waals surface area contributed by atoms with E-state index in [4.69, 9.17) is 5.26 Å². The van der Waals surface area contributed by atoms with Gasteiger partial charge in [0.05, 0.1) is 11.3 Å². The summed E-state index contributed by atoms with van der Waals surface area (Å²) in [5.74, 6) is -1.03. The number of aromatic nitrogens is 1. The average molecular weight is 255 g/mol. The first kappa shape index (κ1) is 12.7. The van der Waals surface area contributed by atoms with E-state index in [9.17, 15) is 9.18 Å². The zero-order valence-corrected chi connectivity index (χ0v) is 10.1. The summed E-state index contributed by atoms with van der Waals surface area (Å²) in [6.45, 7) is 1.80. The number of amides is 1. The van der Waals surface area contributed by atoms with Crippen LogP contribution >= 0.6 is 0 Å². The highest BCUT2D eigenvalue weighted by molar-refractivity contribution is 6.02. The number of rotatable bonds is 2. The van der Waals surface area contributed by atoms with E-state index < -0.39 is 11.7 Å². The highest BCUT2D eigenvalue weighted by atomic mass is 19.1. The Bertz CT molecular complexity index is 659. The molecule has 0 aliphatic rings. The summed E-state index contributed by atoms with van der Waals surface area (Å²) in [4.78, 5) is 15.7. The lowest BCUT2D eigenvalue weighted by Gasteiger charge is -2.06. The van der Waals surface area contributed by atoms with Crippen LogP contribution in [0, 0.1) is 24.1 Å². The number of hydrogen-bond acceptors (Lipinski definition) is 3. The summed E-state index contributed by atoms with van der Waals surface area (Å²) >= 11 is 0. The minimum absolute atomic E-state index is 0.108. The highest BCUT2D eigenvalue weighted by Crippen LogP contribution is 2.16. The molecule has 0 radical (unpaired) electrons. The smallest absolute Gasteiger partial charge is 0.274 e. The number of hydrogen-bond donors (Lipinski definition) is 1. The minimum Gasteiger partial charge on any atom is -0.318 e. The fourth-order valence-corrected chi connectivity index (χ4v) is 1.52. The first-order valence-electron chi connectivity index (χ1n) is 5.54. The molecule has 0 saturated heterocycles. The fourth-order valence-electron chi connectivity index (χ4n) is 1.52. The van der Waals surface area contributed by atoms with Gasteiger partial charge >= 0.3 is 0 Å². The number of halogens is 1. The molecule has 1 aromatic heterocycles. The molecule has 0 aliphatic heterocycles. The van der Waals surface area contributed by atoms with E-state index in [-0.39, 0.29) is 11.4 Å². The van der Waals surface area contributed by atoms with E-state index in [2.05, 4.69) is 10.3 Å². The lowest BCUT2D eigenvalue weighted by Crippen LogP contribution is -2.14. The lowest BCUT2D eigenvalue weighted by molar-refractivity contribution is 0.102. The summed E-state index contributed by atoms with van der Waals surface area (Å²) in [6.07, 6.45) is 1.29. The van der Waals surface area contributed by atoms with Crippen LogP contribution in [0.25, 0.3) is 0 Å². The summed E-state index contributed by atoms with van der Waals surface area (Å²) in [5.41, 5.74) is 1.43. The molecule has 0 atom stereocenters. The number of aryl methyl sites for hydroxylation is 1. The van der Waals surface area contributed by atoms with Crippen molar-refractivity contribution in [2.45, 2.75) is 6.92 Å². The van der Waals surface area contributed by atoms with Crippen LogP contribution in [-0.4, -0.2) is 10.9 Å². The van der Waals surface area contributed by atoms with Crippen LogP contribution in [0.5, 0.6) is 0 Å². The van der Waals surface area contributed by atoms with Gasteiger partial charge in [0.25, 0.3) is 5.91 Å². The maximum atomic E-state index is 13.5. The van der Waals surface area contributed by atoms with Crippen LogP contribution < -0.4 is 5.32 Å². The largest absolute Gasteiger partial charge is 0.318 e. The minimum atomic E-state index is -0.519. The zero-order valence-electron chi connectivity index (χ0n) is 10.1.